The number of carbonyl (C=O) groups is 2. The van der Waals surface area contributed by atoms with Crippen LogP contribution >= 0.6 is 0 Å². The zero-order valence-corrected chi connectivity index (χ0v) is 15.6. The lowest BCUT2D eigenvalue weighted by atomic mass is 9.80. The molecule has 3 rings (SSSR count). The van der Waals surface area contributed by atoms with Gasteiger partial charge in [-0.15, -0.1) is 0 Å². The highest BCUT2D eigenvalue weighted by Gasteiger charge is 2.26. The number of carbonyl (C=O) groups excluding carboxylic acids is 2. The van der Waals surface area contributed by atoms with Gasteiger partial charge in [0.1, 0.15) is 5.56 Å². The smallest absolute Gasteiger partial charge is 0.339 e. The molecule has 0 bridgehead atoms. The first-order chi connectivity index (χ1) is 13.5. The molecule has 1 unspecified atom stereocenters. The number of esters is 1. The third-order valence-corrected chi connectivity index (χ3v) is 4.95. The van der Waals surface area contributed by atoms with Crippen LogP contribution in [0.5, 0.6) is 0 Å². The van der Waals surface area contributed by atoms with E-state index in [9.17, 15) is 14.9 Å². The minimum atomic E-state index is -0.619. The Bertz CT molecular complexity index is 917. The summed E-state index contributed by atoms with van der Waals surface area (Å²) in [5.41, 5.74) is 6.47. The predicted octanol–water partition coefficient (Wildman–Crippen LogP) is 2.24. The number of aromatic nitrogens is 3. The molecule has 1 aliphatic carbocycles. The number of nitriles is 1. The van der Waals surface area contributed by atoms with Crippen molar-refractivity contribution >= 4 is 23.4 Å². The average molecular weight is 382 g/mol. The Morgan fingerprint density at radius 1 is 1.39 bits per heavy atom. The van der Waals surface area contributed by atoms with Crippen molar-refractivity contribution in [1.29, 1.82) is 5.26 Å². The lowest BCUT2D eigenvalue weighted by Gasteiger charge is -2.26. The number of ether oxygens (including phenoxy) is 1. The van der Waals surface area contributed by atoms with Crippen LogP contribution in [0.4, 0.5) is 11.5 Å². The Labute approximate surface area is 162 Å². The van der Waals surface area contributed by atoms with E-state index in [0.717, 1.165) is 25.7 Å². The molecule has 9 nitrogen and oxygen atoms in total. The Balaban J connectivity index is 1.82. The summed E-state index contributed by atoms with van der Waals surface area (Å²) < 4.78 is 6.34. The first kappa shape index (κ1) is 19.4. The quantitative estimate of drug-likeness (QED) is 0.731. The first-order valence-electron chi connectivity index (χ1n) is 9.09. The molecule has 1 aliphatic rings. The van der Waals surface area contributed by atoms with Crippen molar-refractivity contribution in [2.75, 3.05) is 12.4 Å². The van der Waals surface area contributed by atoms with Crippen molar-refractivity contribution in [2.45, 2.75) is 32.2 Å². The molecule has 146 valence electrons. The zero-order valence-electron chi connectivity index (χ0n) is 15.6. The lowest BCUT2D eigenvalue weighted by molar-refractivity contribution is 0.0600. The molecule has 0 spiro atoms. The van der Waals surface area contributed by atoms with Gasteiger partial charge in [0, 0.05) is 18.9 Å². The summed E-state index contributed by atoms with van der Waals surface area (Å²) in [6.45, 7) is 0.542. The van der Waals surface area contributed by atoms with Crippen LogP contribution < -0.4 is 11.1 Å². The summed E-state index contributed by atoms with van der Waals surface area (Å²) in [6.07, 6.45) is 8.48. The van der Waals surface area contributed by atoms with Gasteiger partial charge in [-0.05, 0) is 24.8 Å². The summed E-state index contributed by atoms with van der Waals surface area (Å²) >= 11 is 0. The Morgan fingerprint density at radius 3 is 2.89 bits per heavy atom. The summed E-state index contributed by atoms with van der Waals surface area (Å²) in [6, 6.07) is 3.93. The van der Waals surface area contributed by atoms with Crippen LogP contribution in [0.3, 0.4) is 0 Å². The second-order valence-corrected chi connectivity index (χ2v) is 6.84. The van der Waals surface area contributed by atoms with Crippen LogP contribution in [0.25, 0.3) is 0 Å². The summed E-state index contributed by atoms with van der Waals surface area (Å²) in [7, 11) is 1.29. The van der Waals surface area contributed by atoms with E-state index in [1.165, 1.54) is 19.5 Å². The van der Waals surface area contributed by atoms with Gasteiger partial charge in [0.25, 0.3) is 5.91 Å². The fourth-order valence-corrected chi connectivity index (χ4v) is 3.50. The minimum Gasteiger partial charge on any atom is -0.465 e. The van der Waals surface area contributed by atoms with Crippen molar-refractivity contribution in [2.24, 2.45) is 17.6 Å². The molecule has 2 heterocycles. The van der Waals surface area contributed by atoms with E-state index in [4.69, 9.17) is 5.73 Å². The van der Waals surface area contributed by atoms with Crippen molar-refractivity contribution < 1.29 is 14.3 Å². The molecule has 3 N–H and O–H groups in total. The first-order valence-corrected chi connectivity index (χ1v) is 9.09. The Hall–Kier alpha value is -3.41. The van der Waals surface area contributed by atoms with Crippen molar-refractivity contribution in [3.05, 3.63) is 35.8 Å². The normalized spacial score (nSPS) is 18.9. The van der Waals surface area contributed by atoms with Crippen LogP contribution in [0.1, 0.15) is 46.4 Å². The molecule has 2 atom stereocenters. The monoisotopic (exact) mass is 382 g/mol. The van der Waals surface area contributed by atoms with E-state index < -0.39 is 11.9 Å². The molecule has 0 aromatic carbocycles. The number of hydrogen-bond donors (Lipinski definition) is 2. The van der Waals surface area contributed by atoms with E-state index >= 15 is 0 Å². The van der Waals surface area contributed by atoms with Gasteiger partial charge in [0.2, 0.25) is 0 Å². The molecule has 9 heteroatoms. The molecule has 1 amide bonds. The summed E-state index contributed by atoms with van der Waals surface area (Å²) in [4.78, 5) is 27.5. The van der Waals surface area contributed by atoms with E-state index in [1.807, 2.05) is 0 Å². The average Bonchev–Trinajstić information content (AvgIpc) is 3.10. The number of amides is 1. The molecule has 2 aromatic heterocycles. The van der Waals surface area contributed by atoms with Crippen LogP contribution in [0.2, 0.25) is 0 Å². The number of rotatable bonds is 6. The molecular weight excluding hydrogens is 360 g/mol. The number of hydrogen-bond acceptors (Lipinski definition) is 7. The van der Waals surface area contributed by atoms with E-state index in [2.05, 4.69) is 26.2 Å². The molecular formula is C19H22N6O3. The van der Waals surface area contributed by atoms with E-state index in [0.29, 0.717) is 12.2 Å². The number of primary amides is 1. The number of nitrogens with zero attached hydrogens (tertiary/aromatic N) is 4. The van der Waals surface area contributed by atoms with Gasteiger partial charge < -0.3 is 15.8 Å². The number of nitrogens with two attached hydrogens (primary N) is 1. The fourth-order valence-electron chi connectivity index (χ4n) is 3.50. The van der Waals surface area contributed by atoms with E-state index in [1.54, 1.807) is 16.9 Å². The van der Waals surface area contributed by atoms with Gasteiger partial charge in [-0.1, -0.05) is 12.8 Å². The minimum absolute atomic E-state index is 0.00711. The highest BCUT2D eigenvalue weighted by Crippen LogP contribution is 2.31. The molecule has 2 aromatic rings. The van der Waals surface area contributed by atoms with Crippen molar-refractivity contribution in [3.8, 4) is 6.07 Å². The number of nitrogens with one attached hydrogen (secondary N) is 1. The third kappa shape index (κ3) is 4.28. The van der Waals surface area contributed by atoms with Gasteiger partial charge in [0.05, 0.1) is 36.5 Å². The zero-order chi connectivity index (χ0) is 20.1. The van der Waals surface area contributed by atoms with Crippen LogP contribution in [-0.4, -0.2) is 33.8 Å². The van der Waals surface area contributed by atoms with Crippen LogP contribution in [0.15, 0.2) is 24.7 Å². The SMILES string of the molecule is COC(=O)c1cncc(Nc2nn(C[C@H]3CCCCC3C#N)cc2C(N)=O)c1. The highest BCUT2D eigenvalue weighted by molar-refractivity contribution is 5.98. The fraction of sp³-hybridized carbons (Fsp3) is 0.421. The van der Waals surface area contributed by atoms with Gasteiger partial charge in [-0.25, -0.2) is 4.79 Å². The predicted molar refractivity (Wildman–Crippen MR) is 101 cm³/mol. The second kappa shape index (κ2) is 8.52. The van der Waals surface area contributed by atoms with Crippen molar-refractivity contribution in [3.63, 3.8) is 0 Å². The van der Waals surface area contributed by atoms with E-state index in [-0.39, 0.29) is 28.8 Å². The maximum atomic E-state index is 11.8. The molecule has 1 fully saturated rings. The molecule has 0 radical (unpaired) electrons. The van der Waals surface area contributed by atoms with Crippen LogP contribution in [-0.2, 0) is 11.3 Å². The Kier molecular flexibility index (Phi) is 5.89. The topological polar surface area (TPSA) is 136 Å². The van der Waals surface area contributed by atoms with Crippen molar-refractivity contribution in [1.82, 2.24) is 14.8 Å². The third-order valence-electron chi connectivity index (χ3n) is 4.95. The highest BCUT2D eigenvalue weighted by atomic mass is 16.5. The molecule has 28 heavy (non-hydrogen) atoms. The van der Waals surface area contributed by atoms with Gasteiger partial charge in [0.15, 0.2) is 5.82 Å². The largest absolute Gasteiger partial charge is 0.465 e. The standard InChI is InChI=1S/C19H22N6O3/c1-28-19(27)14-6-15(9-22-8-14)23-18-16(17(21)26)11-25(24-18)10-13-5-3-2-4-12(13)7-20/h6,8-9,11-13H,2-5,10H2,1H3,(H2,21,26)(H,23,24)/t12?,13-/m1/s1. The summed E-state index contributed by atoms with van der Waals surface area (Å²) in [5.74, 6) is -0.674. The number of pyridine rings is 1. The van der Waals surface area contributed by atoms with Gasteiger partial charge >= 0.3 is 5.97 Å². The Morgan fingerprint density at radius 2 is 2.18 bits per heavy atom. The maximum absolute atomic E-state index is 11.8. The van der Waals surface area contributed by atoms with Gasteiger partial charge in [-0.3, -0.25) is 14.5 Å². The molecule has 0 saturated heterocycles. The lowest BCUT2D eigenvalue weighted by Crippen LogP contribution is -2.23. The van der Waals surface area contributed by atoms with Crippen LogP contribution in [0, 0.1) is 23.2 Å². The molecule has 1 saturated carbocycles. The number of anilines is 2. The number of methoxy groups -OCH3 is 1. The van der Waals surface area contributed by atoms with Gasteiger partial charge in [-0.2, -0.15) is 10.4 Å². The summed E-state index contributed by atoms with van der Waals surface area (Å²) in [5, 5.41) is 16.8. The molecule has 0 aliphatic heterocycles. The maximum Gasteiger partial charge on any atom is 0.339 e. The second-order valence-electron chi connectivity index (χ2n) is 6.84.